The summed E-state index contributed by atoms with van der Waals surface area (Å²) < 4.78 is 35.4. The Hall–Kier alpha value is -1.27. The van der Waals surface area contributed by atoms with E-state index in [1.54, 1.807) is 5.32 Å². The van der Waals surface area contributed by atoms with Gasteiger partial charge in [-0.1, -0.05) is 0 Å². The van der Waals surface area contributed by atoms with Crippen molar-refractivity contribution in [2.45, 2.75) is 25.4 Å². The second-order valence-electron chi connectivity index (χ2n) is 3.88. The maximum absolute atomic E-state index is 11.8. The van der Waals surface area contributed by atoms with Gasteiger partial charge in [-0.15, -0.1) is 0 Å². The van der Waals surface area contributed by atoms with Gasteiger partial charge in [0.2, 0.25) is 5.91 Å². The third kappa shape index (κ3) is 3.71. The second kappa shape index (κ2) is 4.71. The summed E-state index contributed by atoms with van der Waals surface area (Å²) in [5.41, 5.74) is 0. The smallest absolute Gasteiger partial charge is 0.405 e. The lowest BCUT2D eigenvalue weighted by atomic mass is 10.0. The van der Waals surface area contributed by atoms with E-state index in [9.17, 15) is 22.8 Å². The highest BCUT2D eigenvalue weighted by molar-refractivity contribution is 5.80. The van der Waals surface area contributed by atoms with Gasteiger partial charge >= 0.3 is 12.1 Å². The molecule has 16 heavy (non-hydrogen) atoms. The summed E-state index contributed by atoms with van der Waals surface area (Å²) in [5, 5.41) is 10.4. The van der Waals surface area contributed by atoms with Gasteiger partial charge in [0.25, 0.3) is 0 Å². The summed E-state index contributed by atoms with van der Waals surface area (Å²) in [7, 11) is 0. The Balaban J connectivity index is 2.37. The Bertz CT molecular complexity index is 290. The largest absolute Gasteiger partial charge is 0.481 e. The molecular formula is C9H12F3NO3. The van der Waals surface area contributed by atoms with Crippen LogP contribution in [0.2, 0.25) is 0 Å². The molecule has 0 bridgehead atoms. The van der Waals surface area contributed by atoms with Gasteiger partial charge in [-0.25, -0.2) is 0 Å². The highest BCUT2D eigenvalue weighted by atomic mass is 19.4. The van der Waals surface area contributed by atoms with Crippen LogP contribution in [-0.2, 0) is 9.59 Å². The van der Waals surface area contributed by atoms with Crippen molar-refractivity contribution in [3.8, 4) is 0 Å². The van der Waals surface area contributed by atoms with Crippen LogP contribution in [0.5, 0.6) is 0 Å². The first-order valence-electron chi connectivity index (χ1n) is 4.87. The van der Waals surface area contributed by atoms with Crippen LogP contribution in [0, 0.1) is 11.8 Å². The van der Waals surface area contributed by atoms with Crippen molar-refractivity contribution < 1.29 is 27.9 Å². The SMILES string of the molecule is O=C(O)C1CCC(C(=O)NCC(F)(F)F)C1. The van der Waals surface area contributed by atoms with Crippen molar-refractivity contribution >= 4 is 11.9 Å². The lowest BCUT2D eigenvalue weighted by molar-refractivity contribution is -0.142. The Morgan fingerprint density at radius 3 is 2.25 bits per heavy atom. The number of carboxylic acids is 1. The maximum atomic E-state index is 11.8. The van der Waals surface area contributed by atoms with E-state index < -0.39 is 36.4 Å². The van der Waals surface area contributed by atoms with Crippen molar-refractivity contribution in [2.75, 3.05) is 6.54 Å². The Kier molecular flexibility index (Phi) is 3.77. The molecule has 1 rings (SSSR count). The Labute approximate surface area is 89.8 Å². The van der Waals surface area contributed by atoms with Gasteiger partial charge in [-0.3, -0.25) is 9.59 Å². The lowest BCUT2D eigenvalue weighted by Crippen LogP contribution is -2.37. The molecule has 0 aromatic heterocycles. The molecule has 0 heterocycles. The zero-order valence-corrected chi connectivity index (χ0v) is 8.38. The molecule has 2 N–H and O–H groups in total. The third-order valence-corrected chi connectivity index (χ3v) is 2.62. The molecule has 0 radical (unpaired) electrons. The highest BCUT2D eigenvalue weighted by Crippen LogP contribution is 2.31. The van der Waals surface area contributed by atoms with Gasteiger partial charge in [0.15, 0.2) is 0 Å². The number of carbonyl (C=O) groups is 2. The van der Waals surface area contributed by atoms with Crippen LogP contribution in [0.3, 0.4) is 0 Å². The number of amides is 1. The van der Waals surface area contributed by atoms with E-state index in [4.69, 9.17) is 5.11 Å². The van der Waals surface area contributed by atoms with Crippen LogP contribution in [0.1, 0.15) is 19.3 Å². The van der Waals surface area contributed by atoms with Gasteiger partial charge in [0.05, 0.1) is 5.92 Å². The fourth-order valence-electron chi connectivity index (χ4n) is 1.78. The van der Waals surface area contributed by atoms with E-state index in [0.29, 0.717) is 12.8 Å². The van der Waals surface area contributed by atoms with Crippen LogP contribution in [0.25, 0.3) is 0 Å². The molecule has 0 aliphatic heterocycles. The molecule has 0 saturated heterocycles. The molecule has 0 aromatic rings. The third-order valence-electron chi connectivity index (χ3n) is 2.62. The normalized spacial score (nSPS) is 25.4. The maximum Gasteiger partial charge on any atom is 0.405 e. The summed E-state index contributed by atoms with van der Waals surface area (Å²) in [5.74, 6) is -2.92. The van der Waals surface area contributed by atoms with Crippen LogP contribution in [-0.4, -0.2) is 29.7 Å². The number of carbonyl (C=O) groups excluding carboxylic acids is 1. The fraction of sp³-hybridized carbons (Fsp3) is 0.778. The Morgan fingerprint density at radius 2 is 1.81 bits per heavy atom. The van der Waals surface area contributed by atoms with E-state index in [0.717, 1.165) is 0 Å². The van der Waals surface area contributed by atoms with Crippen LogP contribution in [0.4, 0.5) is 13.2 Å². The van der Waals surface area contributed by atoms with Crippen molar-refractivity contribution in [1.29, 1.82) is 0 Å². The predicted molar refractivity (Wildman–Crippen MR) is 47.5 cm³/mol. The molecule has 2 unspecified atom stereocenters. The number of halogens is 3. The Morgan fingerprint density at radius 1 is 1.25 bits per heavy atom. The van der Waals surface area contributed by atoms with Crippen LogP contribution in [0.15, 0.2) is 0 Å². The molecule has 0 aromatic carbocycles. The topological polar surface area (TPSA) is 66.4 Å². The molecule has 0 spiro atoms. The summed E-state index contributed by atoms with van der Waals surface area (Å²) in [6.45, 7) is -1.36. The summed E-state index contributed by atoms with van der Waals surface area (Å²) in [6.07, 6.45) is -3.63. The molecule has 92 valence electrons. The van der Waals surface area contributed by atoms with Gasteiger partial charge in [0.1, 0.15) is 6.54 Å². The van der Waals surface area contributed by atoms with Crippen molar-refractivity contribution in [3.05, 3.63) is 0 Å². The summed E-state index contributed by atoms with van der Waals surface area (Å²) in [4.78, 5) is 21.8. The molecular weight excluding hydrogens is 227 g/mol. The molecule has 2 atom stereocenters. The zero-order valence-electron chi connectivity index (χ0n) is 8.38. The summed E-state index contributed by atoms with van der Waals surface area (Å²) in [6, 6.07) is 0. The number of hydrogen-bond acceptors (Lipinski definition) is 2. The van der Waals surface area contributed by atoms with Gasteiger partial charge in [-0.2, -0.15) is 13.2 Å². The van der Waals surface area contributed by atoms with E-state index >= 15 is 0 Å². The first kappa shape index (κ1) is 12.8. The average Bonchev–Trinajstić information content (AvgIpc) is 2.61. The molecule has 1 aliphatic rings. The van der Waals surface area contributed by atoms with Gasteiger partial charge in [0, 0.05) is 5.92 Å². The molecule has 1 amide bonds. The zero-order chi connectivity index (χ0) is 12.3. The number of aliphatic carboxylic acids is 1. The minimum atomic E-state index is -4.43. The molecule has 1 fully saturated rings. The first-order chi connectivity index (χ1) is 7.29. The fourth-order valence-corrected chi connectivity index (χ4v) is 1.78. The molecule has 1 aliphatic carbocycles. The van der Waals surface area contributed by atoms with E-state index in [1.165, 1.54) is 0 Å². The van der Waals surface area contributed by atoms with Crippen LogP contribution < -0.4 is 5.32 Å². The summed E-state index contributed by atoms with van der Waals surface area (Å²) >= 11 is 0. The quantitative estimate of drug-likeness (QED) is 0.776. The highest BCUT2D eigenvalue weighted by Gasteiger charge is 2.35. The van der Waals surface area contributed by atoms with Gasteiger partial charge < -0.3 is 10.4 Å². The standard InChI is InChI=1S/C9H12F3NO3/c10-9(11,12)4-13-7(14)5-1-2-6(3-5)8(15)16/h5-6H,1-4H2,(H,13,14)(H,15,16). The molecule has 4 nitrogen and oxygen atoms in total. The number of alkyl halides is 3. The minimum Gasteiger partial charge on any atom is -0.481 e. The molecule has 1 saturated carbocycles. The number of rotatable bonds is 3. The van der Waals surface area contributed by atoms with Gasteiger partial charge in [-0.05, 0) is 19.3 Å². The second-order valence-corrected chi connectivity index (χ2v) is 3.88. The van der Waals surface area contributed by atoms with E-state index in [-0.39, 0.29) is 6.42 Å². The van der Waals surface area contributed by atoms with Crippen molar-refractivity contribution in [1.82, 2.24) is 5.32 Å². The number of carboxylic acid groups (broad SMARTS) is 1. The van der Waals surface area contributed by atoms with Crippen molar-refractivity contribution in [2.24, 2.45) is 11.8 Å². The first-order valence-corrected chi connectivity index (χ1v) is 4.87. The van der Waals surface area contributed by atoms with E-state index in [2.05, 4.69) is 0 Å². The number of nitrogens with one attached hydrogen (secondary N) is 1. The number of hydrogen-bond donors (Lipinski definition) is 2. The molecule has 7 heteroatoms. The lowest BCUT2D eigenvalue weighted by Gasteiger charge is -2.12. The van der Waals surface area contributed by atoms with Crippen LogP contribution >= 0.6 is 0 Å². The van der Waals surface area contributed by atoms with Crippen molar-refractivity contribution in [3.63, 3.8) is 0 Å². The van der Waals surface area contributed by atoms with E-state index in [1.807, 2.05) is 0 Å². The monoisotopic (exact) mass is 239 g/mol. The predicted octanol–water partition coefficient (Wildman–Crippen LogP) is 1.17. The average molecular weight is 239 g/mol. The minimum absolute atomic E-state index is 0.124.